The third kappa shape index (κ3) is 3.40. The van der Waals surface area contributed by atoms with Crippen LogP contribution >= 0.6 is 11.3 Å². The minimum atomic E-state index is 1.23. The molecule has 0 aliphatic heterocycles. The van der Waals surface area contributed by atoms with Crippen molar-refractivity contribution in [1.82, 2.24) is 0 Å². The average Bonchev–Trinajstić information content (AvgIpc) is 3.05. The molecule has 0 saturated carbocycles. The maximum atomic E-state index is 2.21. The molecular formula is C20H22N2S. The van der Waals surface area contributed by atoms with Gasteiger partial charge >= 0.3 is 0 Å². The Kier molecular flexibility index (Phi) is 4.39. The van der Waals surface area contributed by atoms with Crippen LogP contribution in [0.15, 0.2) is 60.7 Å². The summed E-state index contributed by atoms with van der Waals surface area (Å²) in [5.74, 6) is 0. The van der Waals surface area contributed by atoms with E-state index >= 15 is 0 Å². The van der Waals surface area contributed by atoms with Gasteiger partial charge in [0.2, 0.25) is 0 Å². The van der Waals surface area contributed by atoms with Crippen molar-refractivity contribution in [2.75, 3.05) is 38.0 Å². The fraction of sp³-hybridized carbons (Fsp3) is 0.200. The van der Waals surface area contributed by atoms with Gasteiger partial charge in [-0.3, -0.25) is 0 Å². The molecule has 0 amide bonds. The predicted octanol–water partition coefficient (Wildman–Crippen LogP) is 5.21. The highest BCUT2D eigenvalue weighted by Gasteiger charge is 2.06. The summed E-state index contributed by atoms with van der Waals surface area (Å²) < 4.78 is 0. The predicted molar refractivity (Wildman–Crippen MR) is 104 cm³/mol. The fourth-order valence-corrected chi connectivity index (χ4v) is 3.51. The van der Waals surface area contributed by atoms with E-state index in [9.17, 15) is 0 Å². The minimum absolute atomic E-state index is 1.23. The molecule has 3 aromatic rings. The molecule has 0 aliphatic carbocycles. The van der Waals surface area contributed by atoms with E-state index in [1.807, 2.05) is 11.3 Å². The van der Waals surface area contributed by atoms with E-state index in [1.165, 1.54) is 32.3 Å². The molecule has 2 nitrogen and oxygen atoms in total. The number of hydrogen-bond acceptors (Lipinski definition) is 3. The summed E-state index contributed by atoms with van der Waals surface area (Å²) in [4.78, 5) is 6.86. The molecule has 23 heavy (non-hydrogen) atoms. The summed E-state index contributed by atoms with van der Waals surface area (Å²) in [6.07, 6.45) is 0. The second kappa shape index (κ2) is 6.47. The van der Waals surface area contributed by atoms with Crippen LogP contribution in [-0.4, -0.2) is 28.2 Å². The first-order valence-electron chi connectivity index (χ1n) is 7.70. The van der Waals surface area contributed by atoms with Gasteiger partial charge in [0.05, 0.1) is 0 Å². The van der Waals surface area contributed by atoms with Crippen LogP contribution in [0.4, 0.5) is 11.4 Å². The number of rotatable bonds is 4. The Hall–Kier alpha value is -2.26. The lowest BCUT2D eigenvalue weighted by molar-refractivity contribution is 1.13. The van der Waals surface area contributed by atoms with Crippen molar-refractivity contribution in [2.24, 2.45) is 0 Å². The van der Waals surface area contributed by atoms with E-state index in [0.717, 1.165) is 0 Å². The van der Waals surface area contributed by atoms with Crippen molar-refractivity contribution in [3.63, 3.8) is 0 Å². The third-order valence-electron chi connectivity index (χ3n) is 3.94. The van der Waals surface area contributed by atoms with Crippen LogP contribution in [0.25, 0.3) is 20.9 Å². The zero-order valence-corrected chi connectivity index (χ0v) is 14.9. The number of hydrogen-bond donors (Lipinski definition) is 0. The van der Waals surface area contributed by atoms with Crippen LogP contribution in [0, 0.1) is 0 Å². The first-order valence-corrected chi connectivity index (χ1v) is 8.51. The van der Waals surface area contributed by atoms with E-state index in [4.69, 9.17) is 0 Å². The summed E-state index contributed by atoms with van der Waals surface area (Å²) in [6, 6.07) is 21.9. The van der Waals surface area contributed by atoms with Crippen molar-refractivity contribution in [2.45, 2.75) is 0 Å². The molecule has 118 valence electrons. The Balaban J connectivity index is 1.85. The smallest absolute Gasteiger partial charge is 0.0361 e. The van der Waals surface area contributed by atoms with E-state index in [0.29, 0.717) is 0 Å². The van der Waals surface area contributed by atoms with E-state index in [1.54, 1.807) is 0 Å². The molecular weight excluding hydrogens is 300 g/mol. The Morgan fingerprint density at radius 1 is 0.522 bits per heavy atom. The van der Waals surface area contributed by atoms with E-state index in [2.05, 4.69) is 98.7 Å². The standard InChI is InChI=1S/C20H22N2S/c1-21(2)17-9-5-15(6-10-17)19-13-14-20(23-19)16-7-11-18(12-8-16)22(3)4/h5-14H,1-4H3. The highest BCUT2D eigenvalue weighted by atomic mass is 32.1. The minimum Gasteiger partial charge on any atom is -0.378 e. The molecule has 2 aromatic carbocycles. The molecule has 3 heteroatoms. The van der Waals surface area contributed by atoms with Crippen LogP contribution in [-0.2, 0) is 0 Å². The molecule has 0 saturated heterocycles. The third-order valence-corrected chi connectivity index (χ3v) is 5.13. The molecule has 0 unspecified atom stereocenters. The summed E-state index contributed by atoms with van der Waals surface area (Å²) in [5.41, 5.74) is 5.00. The fourth-order valence-electron chi connectivity index (χ4n) is 2.50. The van der Waals surface area contributed by atoms with Crippen molar-refractivity contribution in [3.8, 4) is 20.9 Å². The molecule has 0 bridgehead atoms. The quantitative estimate of drug-likeness (QED) is 0.650. The van der Waals surface area contributed by atoms with Crippen LogP contribution in [0.3, 0.4) is 0 Å². The molecule has 1 aromatic heterocycles. The normalized spacial score (nSPS) is 10.6. The molecule has 0 fully saturated rings. The summed E-state index contributed by atoms with van der Waals surface area (Å²) in [5, 5.41) is 0. The van der Waals surface area contributed by atoms with Gasteiger partial charge in [-0.2, -0.15) is 0 Å². The highest BCUT2D eigenvalue weighted by Crippen LogP contribution is 2.35. The lowest BCUT2D eigenvalue weighted by Gasteiger charge is -2.12. The maximum absolute atomic E-state index is 2.21. The molecule has 0 N–H and O–H groups in total. The molecule has 0 aliphatic rings. The van der Waals surface area contributed by atoms with Crippen LogP contribution in [0.1, 0.15) is 0 Å². The van der Waals surface area contributed by atoms with E-state index < -0.39 is 0 Å². The number of thiophene rings is 1. The van der Waals surface area contributed by atoms with Crippen LogP contribution in [0.5, 0.6) is 0 Å². The summed E-state index contributed by atoms with van der Waals surface area (Å²) >= 11 is 1.84. The van der Waals surface area contributed by atoms with E-state index in [-0.39, 0.29) is 0 Å². The zero-order valence-electron chi connectivity index (χ0n) is 14.1. The van der Waals surface area contributed by atoms with Gasteiger partial charge < -0.3 is 9.80 Å². The molecule has 3 rings (SSSR count). The topological polar surface area (TPSA) is 6.48 Å². The average molecular weight is 322 g/mol. The monoisotopic (exact) mass is 322 g/mol. The van der Waals surface area contributed by atoms with Crippen molar-refractivity contribution in [3.05, 3.63) is 60.7 Å². The van der Waals surface area contributed by atoms with Crippen LogP contribution < -0.4 is 9.80 Å². The number of benzene rings is 2. The van der Waals surface area contributed by atoms with Gasteiger partial charge in [-0.1, -0.05) is 24.3 Å². The van der Waals surface area contributed by atoms with Gasteiger partial charge in [0.15, 0.2) is 0 Å². The van der Waals surface area contributed by atoms with Crippen molar-refractivity contribution in [1.29, 1.82) is 0 Å². The van der Waals surface area contributed by atoms with Crippen LogP contribution in [0.2, 0.25) is 0 Å². The second-order valence-electron chi connectivity index (χ2n) is 6.05. The van der Waals surface area contributed by atoms with Crippen molar-refractivity contribution >= 4 is 22.7 Å². The number of nitrogens with zero attached hydrogens (tertiary/aromatic N) is 2. The van der Waals surface area contributed by atoms with Gasteiger partial charge in [-0.25, -0.2) is 0 Å². The van der Waals surface area contributed by atoms with Gasteiger partial charge in [0.25, 0.3) is 0 Å². The van der Waals surface area contributed by atoms with Gasteiger partial charge in [-0.15, -0.1) is 11.3 Å². The lowest BCUT2D eigenvalue weighted by Crippen LogP contribution is -2.07. The first kappa shape index (κ1) is 15.6. The Morgan fingerprint density at radius 2 is 0.870 bits per heavy atom. The highest BCUT2D eigenvalue weighted by molar-refractivity contribution is 7.18. The molecule has 0 radical (unpaired) electrons. The lowest BCUT2D eigenvalue weighted by atomic mass is 10.1. The Morgan fingerprint density at radius 3 is 1.17 bits per heavy atom. The number of anilines is 2. The van der Waals surface area contributed by atoms with Crippen molar-refractivity contribution < 1.29 is 0 Å². The largest absolute Gasteiger partial charge is 0.378 e. The SMILES string of the molecule is CN(C)c1ccc(-c2ccc(-c3ccc(N(C)C)cc3)s2)cc1. The first-order chi connectivity index (χ1) is 11.0. The molecule has 0 spiro atoms. The summed E-state index contributed by atoms with van der Waals surface area (Å²) in [7, 11) is 8.26. The zero-order chi connectivity index (χ0) is 16.4. The Labute approximate surface area is 142 Å². The van der Waals surface area contributed by atoms with Gasteiger partial charge in [0.1, 0.15) is 0 Å². The second-order valence-corrected chi connectivity index (χ2v) is 7.13. The molecule has 1 heterocycles. The van der Waals surface area contributed by atoms with Gasteiger partial charge in [0, 0.05) is 49.3 Å². The maximum Gasteiger partial charge on any atom is 0.0361 e. The van der Waals surface area contributed by atoms with Gasteiger partial charge in [-0.05, 0) is 47.5 Å². The Bertz CT molecular complexity index is 702. The molecule has 0 atom stereocenters. The summed E-state index contributed by atoms with van der Waals surface area (Å²) in [6.45, 7) is 0.